The van der Waals surface area contributed by atoms with E-state index in [2.05, 4.69) is 27.8 Å². The van der Waals surface area contributed by atoms with E-state index in [1.807, 2.05) is 24.3 Å². The molecule has 2 N–H and O–H groups in total. The Morgan fingerprint density at radius 2 is 1.81 bits per heavy atom. The summed E-state index contributed by atoms with van der Waals surface area (Å²) in [6.07, 6.45) is 0.945. The maximum atomic E-state index is 12.2. The molecule has 3 rings (SSSR count). The molecule has 8 nitrogen and oxygen atoms in total. The second kappa shape index (κ2) is 8.45. The minimum absolute atomic E-state index is 0.142. The van der Waals surface area contributed by atoms with Crippen molar-refractivity contribution < 1.29 is 14.7 Å². The van der Waals surface area contributed by atoms with E-state index in [0.29, 0.717) is 10.8 Å². The molecule has 0 fully saturated rings. The number of hydrogen-bond donors (Lipinski definition) is 2. The lowest BCUT2D eigenvalue weighted by molar-refractivity contribution is -0.113. The van der Waals surface area contributed by atoms with Crippen molar-refractivity contribution in [1.29, 1.82) is 0 Å². The molecule has 138 valence electrons. The van der Waals surface area contributed by atoms with Crippen molar-refractivity contribution in [2.24, 2.45) is 0 Å². The van der Waals surface area contributed by atoms with Gasteiger partial charge in [0.25, 0.3) is 0 Å². The van der Waals surface area contributed by atoms with Crippen LogP contribution >= 0.6 is 11.8 Å². The number of nitrogens with one attached hydrogen (secondary N) is 1. The lowest BCUT2D eigenvalue weighted by Crippen LogP contribution is -2.14. The molecule has 2 aromatic carbocycles. The van der Waals surface area contributed by atoms with Crippen molar-refractivity contribution in [2.75, 3.05) is 11.1 Å². The summed E-state index contributed by atoms with van der Waals surface area (Å²) in [7, 11) is 0. The highest BCUT2D eigenvalue weighted by Gasteiger charge is 2.12. The van der Waals surface area contributed by atoms with Crippen molar-refractivity contribution >= 4 is 29.3 Å². The van der Waals surface area contributed by atoms with Gasteiger partial charge in [0.2, 0.25) is 11.1 Å². The Morgan fingerprint density at radius 1 is 1.11 bits per heavy atom. The lowest BCUT2D eigenvalue weighted by Gasteiger charge is -2.07. The molecule has 3 aromatic rings. The van der Waals surface area contributed by atoms with Crippen LogP contribution in [-0.2, 0) is 11.2 Å². The average Bonchev–Trinajstić information content (AvgIpc) is 3.15. The van der Waals surface area contributed by atoms with Crippen molar-refractivity contribution in [3.63, 3.8) is 0 Å². The molecule has 0 radical (unpaired) electrons. The number of benzene rings is 2. The zero-order valence-corrected chi connectivity index (χ0v) is 15.3. The summed E-state index contributed by atoms with van der Waals surface area (Å²) in [4.78, 5) is 23.1. The highest BCUT2D eigenvalue weighted by molar-refractivity contribution is 7.99. The first kappa shape index (κ1) is 18.6. The van der Waals surface area contributed by atoms with Crippen molar-refractivity contribution in [3.8, 4) is 5.69 Å². The Hall–Kier alpha value is -3.20. The second-order valence-corrected chi connectivity index (χ2v) is 6.56. The lowest BCUT2D eigenvalue weighted by atomic mass is 10.1. The van der Waals surface area contributed by atoms with Gasteiger partial charge in [0.1, 0.15) is 0 Å². The van der Waals surface area contributed by atoms with Crippen molar-refractivity contribution in [2.45, 2.75) is 18.5 Å². The van der Waals surface area contributed by atoms with Crippen LogP contribution in [0.25, 0.3) is 5.69 Å². The fourth-order valence-electron chi connectivity index (χ4n) is 2.33. The molecule has 0 saturated carbocycles. The van der Waals surface area contributed by atoms with E-state index in [-0.39, 0.29) is 17.2 Å². The molecule has 0 aliphatic rings. The summed E-state index contributed by atoms with van der Waals surface area (Å²) in [6.45, 7) is 2.07. The zero-order chi connectivity index (χ0) is 19.2. The third-order valence-electron chi connectivity index (χ3n) is 3.78. The first-order chi connectivity index (χ1) is 13.1. The molecule has 1 aromatic heterocycles. The fraction of sp³-hybridized carbons (Fsp3) is 0.167. The van der Waals surface area contributed by atoms with Gasteiger partial charge in [0.15, 0.2) is 0 Å². The van der Waals surface area contributed by atoms with Gasteiger partial charge >= 0.3 is 5.97 Å². The number of carboxylic acids is 1. The van der Waals surface area contributed by atoms with Crippen molar-refractivity contribution in [3.05, 3.63) is 59.7 Å². The Balaban J connectivity index is 1.62. The number of tetrazole rings is 1. The van der Waals surface area contributed by atoms with Gasteiger partial charge in [-0.2, -0.15) is 4.68 Å². The van der Waals surface area contributed by atoms with Gasteiger partial charge in [-0.25, -0.2) is 4.79 Å². The number of anilines is 1. The van der Waals surface area contributed by atoms with Crippen LogP contribution < -0.4 is 5.32 Å². The molecule has 1 heterocycles. The standard InChI is InChI=1S/C18H17N5O3S/c1-2-12-3-7-14(8-4-12)19-16(24)11-27-18-20-21-22-23(18)15-9-5-13(6-10-15)17(25)26/h3-10H,2,11H2,1H3,(H,19,24)(H,25,26). The third-order valence-corrected chi connectivity index (χ3v) is 4.70. The van der Waals surface area contributed by atoms with E-state index in [1.165, 1.54) is 34.1 Å². The van der Waals surface area contributed by atoms with Gasteiger partial charge in [-0.05, 0) is 58.8 Å². The minimum atomic E-state index is -1.00. The number of rotatable bonds is 7. The van der Waals surface area contributed by atoms with Crippen molar-refractivity contribution in [1.82, 2.24) is 20.2 Å². The largest absolute Gasteiger partial charge is 0.478 e. The number of carbonyl (C=O) groups excluding carboxylic acids is 1. The third kappa shape index (κ3) is 4.70. The molecular weight excluding hydrogens is 366 g/mol. The van der Waals surface area contributed by atoms with E-state index in [0.717, 1.165) is 12.1 Å². The van der Waals surface area contributed by atoms with E-state index >= 15 is 0 Å². The number of aromatic carboxylic acids is 1. The summed E-state index contributed by atoms with van der Waals surface area (Å²) < 4.78 is 1.46. The first-order valence-corrected chi connectivity index (χ1v) is 9.19. The predicted octanol–water partition coefficient (Wildman–Crippen LogP) is 2.65. The number of hydrogen-bond acceptors (Lipinski definition) is 6. The molecule has 0 bridgehead atoms. The summed E-state index contributed by atoms with van der Waals surface area (Å²) in [5.41, 5.74) is 2.73. The maximum Gasteiger partial charge on any atom is 0.335 e. The molecule has 1 amide bonds. The van der Waals surface area contributed by atoms with Gasteiger partial charge in [-0.1, -0.05) is 30.8 Å². The van der Waals surface area contributed by atoms with E-state index in [9.17, 15) is 9.59 Å². The van der Waals surface area contributed by atoms with Crippen LogP contribution in [-0.4, -0.2) is 42.9 Å². The topological polar surface area (TPSA) is 110 Å². The number of carboxylic acid groups (broad SMARTS) is 1. The maximum absolute atomic E-state index is 12.2. The number of amides is 1. The SMILES string of the molecule is CCc1ccc(NC(=O)CSc2nnnn2-c2ccc(C(=O)O)cc2)cc1. The summed E-state index contributed by atoms with van der Waals surface area (Å²) in [6, 6.07) is 13.9. The minimum Gasteiger partial charge on any atom is -0.478 e. The van der Waals surface area contributed by atoms with Gasteiger partial charge in [-0.15, -0.1) is 5.10 Å². The molecule has 0 aliphatic heterocycles. The summed E-state index contributed by atoms with van der Waals surface area (Å²) in [5.74, 6) is -1.03. The van der Waals surface area contributed by atoms with E-state index in [1.54, 1.807) is 12.1 Å². The molecule has 0 unspecified atom stereocenters. The number of aromatic nitrogens is 4. The Kier molecular flexibility index (Phi) is 5.82. The molecule has 0 aliphatic carbocycles. The number of nitrogens with zero attached hydrogens (tertiary/aromatic N) is 4. The van der Waals surface area contributed by atoms with Crippen LogP contribution in [0.5, 0.6) is 0 Å². The zero-order valence-electron chi connectivity index (χ0n) is 14.5. The van der Waals surface area contributed by atoms with Gasteiger partial charge in [-0.3, -0.25) is 4.79 Å². The quantitative estimate of drug-likeness (QED) is 0.604. The summed E-state index contributed by atoms with van der Waals surface area (Å²) >= 11 is 1.19. The average molecular weight is 383 g/mol. The van der Waals surface area contributed by atoms with Crippen LogP contribution in [0.4, 0.5) is 5.69 Å². The van der Waals surface area contributed by atoms with Crippen LogP contribution in [0.1, 0.15) is 22.8 Å². The predicted molar refractivity (Wildman–Crippen MR) is 101 cm³/mol. The highest BCUT2D eigenvalue weighted by Crippen LogP contribution is 2.19. The highest BCUT2D eigenvalue weighted by atomic mass is 32.2. The first-order valence-electron chi connectivity index (χ1n) is 8.20. The van der Waals surface area contributed by atoms with Crippen LogP contribution in [0, 0.1) is 0 Å². The fourth-order valence-corrected chi connectivity index (χ4v) is 3.02. The molecule has 9 heteroatoms. The normalized spacial score (nSPS) is 10.6. The molecular formula is C18H17N5O3S. The van der Waals surface area contributed by atoms with Gasteiger partial charge < -0.3 is 10.4 Å². The van der Waals surface area contributed by atoms with E-state index in [4.69, 9.17) is 5.11 Å². The number of thioether (sulfide) groups is 1. The Bertz CT molecular complexity index is 938. The van der Waals surface area contributed by atoms with Crippen LogP contribution in [0.15, 0.2) is 53.7 Å². The second-order valence-electron chi connectivity index (χ2n) is 5.61. The smallest absolute Gasteiger partial charge is 0.335 e. The molecule has 0 atom stereocenters. The summed E-state index contributed by atoms with van der Waals surface area (Å²) in [5, 5.41) is 23.7. The molecule has 0 saturated heterocycles. The van der Waals surface area contributed by atoms with Gasteiger partial charge in [0, 0.05) is 5.69 Å². The van der Waals surface area contributed by atoms with Crippen LogP contribution in [0.3, 0.4) is 0 Å². The Morgan fingerprint density at radius 3 is 2.44 bits per heavy atom. The molecule has 0 spiro atoms. The monoisotopic (exact) mass is 383 g/mol. The molecule has 27 heavy (non-hydrogen) atoms. The Labute approximate surface area is 159 Å². The number of aryl methyl sites for hydroxylation is 1. The number of carbonyl (C=O) groups is 2. The van der Waals surface area contributed by atoms with Crippen LogP contribution in [0.2, 0.25) is 0 Å². The van der Waals surface area contributed by atoms with Gasteiger partial charge in [0.05, 0.1) is 17.0 Å². The van der Waals surface area contributed by atoms with E-state index < -0.39 is 5.97 Å².